The molecular formula is C40H46N2O9. The lowest BCUT2D eigenvalue weighted by Crippen LogP contribution is -2.53. The molecule has 5 atom stereocenters. The number of rotatable bonds is 9. The number of carbonyl (C=O) groups excluding carboxylic acids is 3. The number of piperidine rings is 1. The van der Waals surface area contributed by atoms with Gasteiger partial charge in [0.2, 0.25) is 5.76 Å². The molecule has 3 N–H and O–H groups in total. The molecule has 4 heterocycles. The highest BCUT2D eigenvalue weighted by Crippen LogP contribution is 2.56. The van der Waals surface area contributed by atoms with Crippen LogP contribution in [0.4, 0.5) is 0 Å². The third-order valence-electron chi connectivity index (χ3n) is 11.5. The Labute approximate surface area is 297 Å². The summed E-state index contributed by atoms with van der Waals surface area (Å²) >= 11 is 0. The summed E-state index contributed by atoms with van der Waals surface area (Å²) in [5.74, 6) is -0.729. The lowest BCUT2D eigenvalue weighted by molar-refractivity contribution is -0.141. The maximum atomic E-state index is 13.5. The molecule has 2 fully saturated rings. The van der Waals surface area contributed by atoms with Gasteiger partial charge in [-0.3, -0.25) is 14.6 Å². The minimum absolute atomic E-state index is 0.00458. The van der Waals surface area contributed by atoms with E-state index in [1.807, 2.05) is 31.2 Å². The summed E-state index contributed by atoms with van der Waals surface area (Å²) in [4.78, 5) is 44.5. The van der Waals surface area contributed by atoms with Crippen LogP contribution >= 0.6 is 0 Å². The standard InChI is InChI=1S/C40H46N2O9/c1-5-25-17-24(12-14-41-25)40(3,47)32-18-27-35(50-32)29(20-44)37-34(36(27)48-4)33(28(19-43)38(51-37)39(46)49-6-2)23-8-10-31(45)26(16-23)21-7-9-30-22(15-21)11-13-42-30/h7,9,11,15,19,24-26,32,41,44,47H,5-6,8,10,12-14,16-18,20H2,1-4H3. The second-order valence-electron chi connectivity index (χ2n) is 14.2. The normalized spacial score (nSPS) is 26.4. The number of hydrogen-bond donors (Lipinski definition) is 3. The first-order valence-corrected chi connectivity index (χ1v) is 18.1. The van der Waals surface area contributed by atoms with Crippen molar-refractivity contribution in [1.82, 2.24) is 5.32 Å². The maximum Gasteiger partial charge on any atom is 0.375 e. The molecule has 1 aliphatic carbocycles. The topological polar surface area (TPSA) is 153 Å². The van der Waals surface area contributed by atoms with Gasteiger partial charge in [-0.2, -0.15) is 0 Å². The summed E-state index contributed by atoms with van der Waals surface area (Å²) in [6.07, 6.45) is 5.66. The molecule has 2 aromatic carbocycles. The molecule has 0 amide bonds. The van der Waals surface area contributed by atoms with Crippen molar-refractivity contribution in [1.29, 1.82) is 0 Å². The minimum atomic E-state index is -1.21. The van der Waals surface area contributed by atoms with E-state index in [2.05, 4.69) is 17.2 Å². The van der Waals surface area contributed by atoms with Gasteiger partial charge in [0.05, 0.1) is 48.9 Å². The van der Waals surface area contributed by atoms with Crippen LogP contribution in [-0.2, 0) is 32.1 Å². The average molecular weight is 699 g/mol. The van der Waals surface area contributed by atoms with E-state index in [-0.39, 0.29) is 53.8 Å². The molecule has 1 saturated carbocycles. The Bertz CT molecular complexity index is 1980. The zero-order chi connectivity index (χ0) is 36.0. The number of fused-ring (bicyclic) bond motifs is 3. The molecule has 11 heteroatoms. The molecule has 0 spiro atoms. The van der Waals surface area contributed by atoms with Crippen molar-refractivity contribution < 1.29 is 43.5 Å². The van der Waals surface area contributed by atoms with Gasteiger partial charge >= 0.3 is 5.97 Å². The van der Waals surface area contributed by atoms with Crippen LogP contribution in [0.3, 0.4) is 0 Å². The fourth-order valence-corrected chi connectivity index (χ4v) is 8.65. The number of aldehydes is 1. The smallest absolute Gasteiger partial charge is 0.375 e. The van der Waals surface area contributed by atoms with Gasteiger partial charge in [0.15, 0.2) is 6.29 Å². The van der Waals surface area contributed by atoms with Crippen molar-refractivity contribution >= 4 is 29.7 Å². The van der Waals surface area contributed by atoms with E-state index in [1.54, 1.807) is 6.92 Å². The molecule has 0 radical (unpaired) electrons. The van der Waals surface area contributed by atoms with E-state index in [0.717, 1.165) is 47.5 Å². The molecule has 4 aliphatic heterocycles. The highest BCUT2D eigenvalue weighted by atomic mass is 16.6. The van der Waals surface area contributed by atoms with Crippen molar-refractivity contribution in [3.05, 3.63) is 67.9 Å². The number of hydrogen-bond acceptors (Lipinski definition) is 11. The predicted molar refractivity (Wildman–Crippen MR) is 188 cm³/mol. The van der Waals surface area contributed by atoms with Crippen LogP contribution in [0.15, 0.2) is 40.1 Å². The number of carbonyl (C=O) groups is 3. The molecule has 11 nitrogen and oxygen atoms in total. The average Bonchev–Trinajstić information content (AvgIpc) is 3.81. The summed E-state index contributed by atoms with van der Waals surface area (Å²) in [6, 6.07) is 6.16. The second-order valence-corrected chi connectivity index (χ2v) is 14.2. The Morgan fingerprint density at radius 1 is 1.20 bits per heavy atom. The predicted octanol–water partition coefficient (Wildman–Crippen LogP) is 3.13. The number of ether oxygens (including phenoxy) is 4. The maximum absolute atomic E-state index is 13.5. The molecule has 5 unspecified atom stereocenters. The van der Waals surface area contributed by atoms with E-state index in [4.69, 9.17) is 18.9 Å². The van der Waals surface area contributed by atoms with Gasteiger partial charge < -0.3 is 34.5 Å². The fourth-order valence-electron chi connectivity index (χ4n) is 8.65. The van der Waals surface area contributed by atoms with Crippen LogP contribution in [0.1, 0.15) is 87.5 Å². The molecule has 51 heavy (non-hydrogen) atoms. The van der Waals surface area contributed by atoms with Gasteiger partial charge in [-0.1, -0.05) is 24.6 Å². The zero-order valence-corrected chi connectivity index (χ0v) is 29.7. The highest BCUT2D eigenvalue weighted by Gasteiger charge is 2.49. The summed E-state index contributed by atoms with van der Waals surface area (Å²) in [5.41, 5.74) is 2.19. The highest BCUT2D eigenvalue weighted by molar-refractivity contribution is 6.11. The summed E-state index contributed by atoms with van der Waals surface area (Å²) < 4.78 is 24.3. The molecule has 5 aliphatic rings. The van der Waals surface area contributed by atoms with Gasteiger partial charge in [0, 0.05) is 35.9 Å². The van der Waals surface area contributed by atoms with Crippen LogP contribution < -0.4 is 30.1 Å². The monoisotopic (exact) mass is 698 g/mol. The van der Waals surface area contributed by atoms with Gasteiger partial charge in [-0.15, -0.1) is 0 Å². The Kier molecular flexibility index (Phi) is 9.64. The molecule has 7 rings (SSSR count). The number of aliphatic hydroxyl groups excluding tert-OH is 1. The third-order valence-corrected chi connectivity index (χ3v) is 11.5. The van der Waals surface area contributed by atoms with Gasteiger partial charge in [0.25, 0.3) is 0 Å². The molecule has 0 aromatic heterocycles. The number of methoxy groups -OCH3 is 1. The summed E-state index contributed by atoms with van der Waals surface area (Å²) in [5, 5.41) is 28.4. The summed E-state index contributed by atoms with van der Waals surface area (Å²) in [7, 11) is 1.52. The SMILES string of the molecule is CCOC(=O)C1=C(C=O)C(=C2CCC(=O)C(c3ccc4c(c3)=CCN=4)C2)c2c(OC)c3c(c(CO)c2O1)OC(C(C)(O)C1CCNC(CC)C1)C3. The third kappa shape index (κ3) is 5.98. The van der Waals surface area contributed by atoms with Gasteiger partial charge in [-0.05, 0) is 81.3 Å². The van der Waals surface area contributed by atoms with E-state index in [9.17, 15) is 24.6 Å². The summed E-state index contributed by atoms with van der Waals surface area (Å²) in [6.45, 7) is 6.53. The Morgan fingerprint density at radius 2 is 2.02 bits per heavy atom. The number of ketones is 1. The van der Waals surface area contributed by atoms with Crippen LogP contribution in [0, 0.1) is 5.92 Å². The number of nitrogens with one attached hydrogen (secondary N) is 1. The number of aliphatic hydroxyl groups is 2. The lowest BCUT2D eigenvalue weighted by atomic mass is 9.74. The largest absolute Gasteiger partial charge is 0.496 e. The number of benzene rings is 2. The first-order chi connectivity index (χ1) is 24.6. The first kappa shape index (κ1) is 35.1. The van der Waals surface area contributed by atoms with Crippen molar-refractivity contribution in [2.24, 2.45) is 10.9 Å². The quantitative estimate of drug-likeness (QED) is 0.263. The van der Waals surface area contributed by atoms with Crippen molar-refractivity contribution in [2.75, 3.05) is 26.8 Å². The molecule has 270 valence electrons. The Morgan fingerprint density at radius 3 is 2.75 bits per heavy atom. The van der Waals surface area contributed by atoms with Crippen LogP contribution in [0.25, 0.3) is 11.6 Å². The number of esters is 1. The van der Waals surface area contributed by atoms with Crippen LogP contribution in [0.5, 0.6) is 17.2 Å². The molecule has 2 aromatic rings. The zero-order valence-electron chi connectivity index (χ0n) is 29.7. The fraction of sp³-hybridized carbons (Fsp3) is 0.500. The molecular weight excluding hydrogens is 652 g/mol. The second kappa shape index (κ2) is 14.0. The Hall–Kier alpha value is -4.32. The van der Waals surface area contributed by atoms with Crippen molar-refractivity contribution in [2.45, 2.75) is 96.0 Å². The van der Waals surface area contributed by atoms with Gasteiger partial charge in [-0.25, -0.2) is 4.79 Å². The van der Waals surface area contributed by atoms with E-state index in [0.29, 0.717) is 59.9 Å². The van der Waals surface area contributed by atoms with Crippen molar-refractivity contribution in [3.8, 4) is 17.2 Å². The molecule has 1 saturated heterocycles. The van der Waals surface area contributed by atoms with Gasteiger partial charge in [0.1, 0.15) is 34.7 Å². The lowest BCUT2D eigenvalue weighted by Gasteiger charge is -2.41. The number of nitrogens with zero attached hydrogens (tertiary/aromatic N) is 1. The molecule has 0 bridgehead atoms. The van der Waals surface area contributed by atoms with Crippen molar-refractivity contribution in [3.63, 3.8) is 0 Å². The minimum Gasteiger partial charge on any atom is -0.496 e. The number of Topliss-reactive ketones (excluding diaryl/α,β-unsaturated/α-hetero) is 1. The number of allylic oxidation sites excluding steroid dienone is 3. The van der Waals surface area contributed by atoms with E-state index in [1.165, 1.54) is 7.11 Å². The van der Waals surface area contributed by atoms with E-state index >= 15 is 0 Å². The van der Waals surface area contributed by atoms with Crippen LogP contribution in [0.2, 0.25) is 0 Å². The first-order valence-electron chi connectivity index (χ1n) is 18.1. The Balaban J connectivity index is 1.39. The van der Waals surface area contributed by atoms with E-state index < -0.39 is 30.2 Å². The van der Waals surface area contributed by atoms with Crippen LogP contribution in [-0.4, -0.2) is 72.8 Å².